The summed E-state index contributed by atoms with van der Waals surface area (Å²) in [6.45, 7) is 11.4. The summed E-state index contributed by atoms with van der Waals surface area (Å²) in [5.41, 5.74) is 3.59. The summed E-state index contributed by atoms with van der Waals surface area (Å²) in [4.78, 5) is 17.2. The zero-order valence-electron chi connectivity index (χ0n) is 21.0. The number of furan rings is 1. The van der Waals surface area contributed by atoms with Crippen LogP contribution in [0.25, 0.3) is 11.3 Å². The van der Waals surface area contributed by atoms with Crippen LogP contribution in [0.2, 0.25) is 0 Å². The van der Waals surface area contributed by atoms with Gasteiger partial charge in [-0.25, -0.2) is 9.80 Å². The van der Waals surface area contributed by atoms with Gasteiger partial charge in [-0.2, -0.15) is 5.10 Å². The van der Waals surface area contributed by atoms with E-state index in [4.69, 9.17) is 22.8 Å². The Bertz CT molecular complexity index is 918. The van der Waals surface area contributed by atoms with Crippen LogP contribution in [0.1, 0.15) is 47.3 Å². The van der Waals surface area contributed by atoms with Crippen molar-refractivity contribution < 1.29 is 27.6 Å². The maximum Gasteiger partial charge on any atom is 0.339 e. The van der Waals surface area contributed by atoms with Crippen molar-refractivity contribution in [2.45, 2.75) is 52.7 Å². The third-order valence-electron chi connectivity index (χ3n) is 3.76. The minimum absolute atomic E-state index is 0.0879. The fourth-order valence-corrected chi connectivity index (χ4v) is 3.58. The molecule has 1 heterocycles. The summed E-state index contributed by atoms with van der Waals surface area (Å²) < 4.78 is 23.1. The summed E-state index contributed by atoms with van der Waals surface area (Å²) in [5, 5.41) is 7.89. The molecule has 1 aromatic carbocycles. The second-order valence-electron chi connectivity index (χ2n) is 9.24. The first kappa shape index (κ1) is 27.8. The van der Waals surface area contributed by atoms with Gasteiger partial charge in [0.1, 0.15) is 18.3 Å². The first-order valence-electron chi connectivity index (χ1n) is 10.7. The van der Waals surface area contributed by atoms with Crippen molar-refractivity contribution in [3.8, 4) is 11.3 Å². The maximum atomic E-state index is 12.3. The van der Waals surface area contributed by atoms with Crippen molar-refractivity contribution in [2.75, 3.05) is 26.4 Å². The molecule has 0 radical (unpaired) electrons. The summed E-state index contributed by atoms with van der Waals surface area (Å²) in [5.74, 6) is 1.18. The Morgan fingerprint density at radius 1 is 1.06 bits per heavy atom. The molecule has 11 heteroatoms. The van der Waals surface area contributed by atoms with Gasteiger partial charge in [-0.1, -0.05) is 0 Å². The number of urea groups is 1. The summed E-state index contributed by atoms with van der Waals surface area (Å²) in [6.07, 6.45) is 1.46. The average molecular weight is 495 g/mol. The van der Waals surface area contributed by atoms with Gasteiger partial charge in [-0.15, -0.1) is 0 Å². The molecule has 0 aliphatic carbocycles. The molecule has 34 heavy (non-hydrogen) atoms. The number of carbonyl (C=O) groups is 1. The molecular formula is C23H35N4O6P. The molecule has 0 saturated heterocycles. The van der Waals surface area contributed by atoms with E-state index in [0.717, 1.165) is 16.3 Å². The normalized spacial score (nSPS) is 12.4. The molecule has 0 fully saturated rings. The Balaban J connectivity index is 1.87. The summed E-state index contributed by atoms with van der Waals surface area (Å²) in [6, 6.07) is 10.7. The molecule has 1 aromatic heterocycles. The zero-order chi connectivity index (χ0) is 25.4. The molecule has 188 valence electrons. The van der Waals surface area contributed by atoms with E-state index in [1.54, 1.807) is 13.2 Å². The number of rotatable bonds is 10. The molecule has 2 aromatic rings. The number of hydrogen-bond donors (Lipinski definition) is 2. The lowest BCUT2D eigenvalue weighted by molar-refractivity contribution is 0.0314. The fourth-order valence-electron chi connectivity index (χ4n) is 2.37. The van der Waals surface area contributed by atoms with Gasteiger partial charge in [0.05, 0.1) is 30.2 Å². The Hall–Kier alpha value is -2.49. The number of anilines is 1. The second kappa shape index (κ2) is 12.3. The topological polar surface area (TPSA) is 107 Å². The van der Waals surface area contributed by atoms with E-state index in [9.17, 15) is 4.79 Å². The van der Waals surface area contributed by atoms with E-state index >= 15 is 0 Å². The predicted molar refractivity (Wildman–Crippen MR) is 133 cm³/mol. The third-order valence-corrected chi connectivity index (χ3v) is 5.49. The van der Waals surface area contributed by atoms with Gasteiger partial charge in [-0.3, -0.25) is 14.8 Å². The Morgan fingerprint density at radius 2 is 1.68 bits per heavy atom. The van der Waals surface area contributed by atoms with E-state index in [0.29, 0.717) is 11.5 Å². The monoisotopic (exact) mass is 494 g/mol. The largest absolute Gasteiger partial charge is 0.455 e. The van der Waals surface area contributed by atoms with Crippen LogP contribution in [0.4, 0.5) is 10.5 Å². The van der Waals surface area contributed by atoms with Gasteiger partial charge in [0.25, 0.3) is 0 Å². The van der Waals surface area contributed by atoms with Gasteiger partial charge < -0.3 is 18.8 Å². The number of hydrogen-bond acceptors (Lipinski definition) is 8. The minimum atomic E-state index is -1.65. The smallest absolute Gasteiger partial charge is 0.339 e. The number of nitrogens with one attached hydrogen (secondary N) is 2. The first-order chi connectivity index (χ1) is 15.9. The Labute approximate surface area is 202 Å². The quantitative estimate of drug-likeness (QED) is 0.188. The lowest BCUT2D eigenvalue weighted by atomic mass is 10.1. The number of hydrazone groups is 1. The van der Waals surface area contributed by atoms with Crippen LogP contribution < -0.4 is 10.8 Å². The van der Waals surface area contributed by atoms with Crippen molar-refractivity contribution >= 4 is 26.5 Å². The van der Waals surface area contributed by atoms with Gasteiger partial charge in [-0.05, 0) is 77.9 Å². The summed E-state index contributed by atoms with van der Waals surface area (Å²) in [7, 11) is 1.43. The molecule has 0 aliphatic rings. The van der Waals surface area contributed by atoms with Crippen molar-refractivity contribution in [1.29, 1.82) is 0 Å². The van der Waals surface area contributed by atoms with Gasteiger partial charge in [0, 0.05) is 12.6 Å². The predicted octanol–water partition coefficient (Wildman–Crippen LogP) is 5.73. The first-order valence-corrected chi connectivity index (χ1v) is 11.8. The number of benzene rings is 1. The highest BCUT2D eigenvalue weighted by molar-refractivity contribution is 7.41. The lowest BCUT2D eigenvalue weighted by Crippen LogP contribution is -2.35. The zero-order valence-corrected chi connectivity index (χ0v) is 21.9. The van der Waals surface area contributed by atoms with Gasteiger partial charge in [0.15, 0.2) is 0 Å². The van der Waals surface area contributed by atoms with E-state index in [1.807, 2.05) is 71.9 Å². The van der Waals surface area contributed by atoms with Crippen LogP contribution in [0.3, 0.4) is 0 Å². The molecular weight excluding hydrogens is 459 g/mol. The molecule has 0 saturated carbocycles. The van der Waals surface area contributed by atoms with Gasteiger partial charge in [0.2, 0.25) is 0 Å². The van der Waals surface area contributed by atoms with Crippen molar-refractivity contribution in [2.24, 2.45) is 5.10 Å². The highest BCUT2D eigenvalue weighted by atomic mass is 31.2. The highest BCUT2D eigenvalue weighted by Gasteiger charge is 2.27. The van der Waals surface area contributed by atoms with E-state index in [-0.39, 0.29) is 6.73 Å². The van der Waals surface area contributed by atoms with Crippen molar-refractivity contribution in [1.82, 2.24) is 10.3 Å². The van der Waals surface area contributed by atoms with Crippen molar-refractivity contribution in [3.05, 3.63) is 42.2 Å². The molecule has 0 atom stereocenters. The second-order valence-corrected chi connectivity index (χ2v) is 10.3. The van der Waals surface area contributed by atoms with Crippen LogP contribution >= 0.6 is 8.60 Å². The van der Waals surface area contributed by atoms with Crippen molar-refractivity contribution in [3.63, 3.8) is 0 Å². The molecule has 0 aliphatic heterocycles. The SMILES string of the molecule is CONc1ccc(-c2ccc(/C=N/N(C)C(=O)NCOP(OC(C)(C)C)OC(C)(C)C)o2)cc1. The van der Waals surface area contributed by atoms with Crippen LogP contribution in [-0.4, -0.2) is 49.3 Å². The van der Waals surface area contributed by atoms with E-state index < -0.39 is 25.8 Å². The van der Waals surface area contributed by atoms with Crippen LogP contribution in [0.5, 0.6) is 0 Å². The highest BCUT2D eigenvalue weighted by Crippen LogP contribution is 2.46. The number of carbonyl (C=O) groups excluding carboxylic acids is 1. The van der Waals surface area contributed by atoms with Crippen LogP contribution in [-0.2, 0) is 18.4 Å². The standard InChI is InChI=1S/C23H35N4O6P/c1-22(2,3)32-34(33-23(4,5)6)30-16-24-21(28)27(7)25-15-19-13-14-20(31-19)17-9-11-18(12-10-17)26-29-8/h9-15,26H,16H2,1-8H3,(H,24,28)/b25-15+. The Kier molecular flexibility index (Phi) is 10.0. The minimum Gasteiger partial charge on any atom is -0.455 e. The Morgan fingerprint density at radius 3 is 2.24 bits per heavy atom. The molecule has 0 unspecified atom stereocenters. The molecule has 2 amide bonds. The van der Waals surface area contributed by atoms with E-state index in [1.165, 1.54) is 13.3 Å². The van der Waals surface area contributed by atoms with Crippen LogP contribution in [0, 0.1) is 0 Å². The molecule has 0 bridgehead atoms. The maximum absolute atomic E-state index is 12.3. The summed E-state index contributed by atoms with van der Waals surface area (Å²) >= 11 is 0. The average Bonchev–Trinajstić information content (AvgIpc) is 3.19. The number of amides is 2. The molecule has 0 spiro atoms. The molecule has 10 nitrogen and oxygen atoms in total. The third kappa shape index (κ3) is 10.2. The molecule has 2 rings (SSSR count). The van der Waals surface area contributed by atoms with Crippen LogP contribution in [0.15, 0.2) is 45.9 Å². The lowest BCUT2D eigenvalue weighted by Gasteiger charge is -2.30. The fraction of sp³-hybridized carbons (Fsp3) is 0.478. The number of nitrogens with zero attached hydrogens (tertiary/aromatic N) is 2. The van der Waals surface area contributed by atoms with Gasteiger partial charge >= 0.3 is 14.6 Å². The van der Waals surface area contributed by atoms with E-state index in [2.05, 4.69) is 15.9 Å². The molecule has 2 N–H and O–H groups in total.